The fraction of sp³-hybridized carbons (Fsp3) is 0.385. The zero-order valence-electron chi connectivity index (χ0n) is 18.6. The van der Waals surface area contributed by atoms with Crippen molar-refractivity contribution in [2.75, 3.05) is 0 Å². The van der Waals surface area contributed by atoms with Gasteiger partial charge >= 0.3 is 5.97 Å². The molecule has 2 atom stereocenters. The first-order valence-electron chi connectivity index (χ1n) is 10.8. The average Bonchev–Trinajstić information content (AvgIpc) is 2.73. The fourth-order valence-electron chi connectivity index (χ4n) is 4.46. The van der Waals surface area contributed by atoms with E-state index >= 15 is 0 Å². The number of hydrogen-bond acceptors (Lipinski definition) is 4. The zero-order valence-corrected chi connectivity index (χ0v) is 18.6. The Kier molecular flexibility index (Phi) is 6.96. The molecule has 1 aliphatic rings. The third-order valence-corrected chi connectivity index (χ3v) is 6.10. The summed E-state index contributed by atoms with van der Waals surface area (Å²) in [5, 5.41) is 21.3. The third-order valence-electron chi connectivity index (χ3n) is 6.10. The van der Waals surface area contributed by atoms with E-state index in [-0.39, 0.29) is 5.92 Å². The number of aliphatic hydroxyl groups is 1. The van der Waals surface area contributed by atoms with Crippen molar-refractivity contribution in [3.05, 3.63) is 71.4 Å². The van der Waals surface area contributed by atoms with E-state index in [0.29, 0.717) is 35.6 Å². The second kappa shape index (κ2) is 9.48. The predicted octanol–water partition coefficient (Wildman–Crippen LogP) is 5.64. The minimum atomic E-state index is -1.38. The number of nitrogens with zero attached hydrogens (tertiary/aromatic N) is 1. The number of benzene rings is 2. The van der Waals surface area contributed by atoms with Crippen LogP contribution in [-0.4, -0.2) is 28.0 Å². The minimum absolute atomic E-state index is 0.287. The molecule has 0 fully saturated rings. The van der Waals surface area contributed by atoms with E-state index in [9.17, 15) is 15.0 Å². The molecular formula is C26H31NO4. The molecule has 1 heterocycles. The van der Waals surface area contributed by atoms with Gasteiger partial charge in [0.2, 0.25) is 0 Å². The zero-order chi connectivity index (χ0) is 22.6. The summed E-state index contributed by atoms with van der Waals surface area (Å²) in [6.07, 6.45) is 0.703. The summed E-state index contributed by atoms with van der Waals surface area (Å²) in [4.78, 5) is 17.2. The van der Waals surface area contributed by atoms with Gasteiger partial charge < -0.3 is 14.9 Å². The summed E-state index contributed by atoms with van der Waals surface area (Å²) in [5.41, 5.74) is 1.48. The van der Waals surface area contributed by atoms with E-state index in [4.69, 9.17) is 9.73 Å². The van der Waals surface area contributed by atoms with Gasteiger partial charge in [0.15, 0.2) is 0 Å². The average molecular weight is 422 g/mol. The summed E-state index contributed by atoms with van der Waals surface area (Å²) in [6, 6.07) is 17.3. The van der Waals surface area contributed by atoms with Gasteiger partial charge in [0, 0.05) is 17.8 Å². The molecule has 1 aliphatic heterocycles. The predicted molar refractivity (Wildman–Crippen MR) is 123 cm³/mol. The summed E-state index contributed by atoms with van der Waals surface area (Å²) >= 11 is 0. The van der Waals surface area contributed by atoms with Crippen molar-refractivity contribution in [1.82, 2.24) is 0 Å². The van der Waals surface area contributed by atoms with Crippen molar-refractivity contribution in [2.45, 2.75) is 53.1 Å². The normalized spacial score (nSPS) is 21.2. The van der Waals surface area contributed by atoms with Crippen molar-refractivity contribution in [3.63, 3.8) is 0 Å². The van der Waals surface area contributed by atoms with Gasteiger partial charge in [0.05, 0.1) is 0 Å². The van der Waals surface area contributed by atoms with Gasteiger partial charge in [0.1, 0.15) is 23.0 Å². The highest BCUT2D eigenvalue weighted by molar-refractivity contribution is 5.98. The maximum absolute atomic E-state index is 12.5. The largest absolute Gasteiger partial charge is 0.480 e. The van der Waals surface area contributed by atoms with Crippen LogP contribution in [0.25, 0.3) is 0 Å². The highest BCUT2D eigenvalue weighted by Crippen LogP contribution is 2.45. The first-order valence-corrected chi connectivity index (χ1v) is 10.8. The number of carboxylic acid groups (broad SMARTS) is 1. The molecule has 0 aliphatic carbocycles. The van der Waals surface area contributed by atoms with E-state index in [1.165, 1.54) is 0 Å². The summed E-state index contributed by atoms with van der Waals surface area (Å²) in [7, 11) is 0. The molecule has 2 unspecified atom stereocenters. The number of aliphatic hydroxyl groups excluding tert-OH is 1. The Morgan fingerprint density at radius 1 is 1.13 bits per heavy atom. The van der Waals surface area contributed by atoms with Crippen molar-refractivity contribution in [3.8, 4) is 11.5 Å². The molecule has 0 aromatic heterocycles. The van der Waals surface area contributed by atoms with Crippen LogP contribution in [0, 0.1) is 11.3 Å². The molecule has 5 nitrogen and oxygen atoms in total. The van der Waals surface area contributed by atoms with E-state index in [2.05, 4.69) is 0 Å². The Balaban J connectivity index is 1.99. The highest BCUT2D eigenvalue weighted by Gasteiger charge is 2.54. The van der Waals surface area contributed by atoms with Crippen LogP contribution in [0.4, 0.5) is 0 Å². The van der Waals surface area contributed by atoms with Gasteiger partial charge in [-0.05, 0) is 54.7 Å². The standard InChI is InChI=1S/C26H31NO4/c1-5-10-22-24(28)26(17(2)3,25(29)30)18(4)23(27-22)16-19-11-9-14-21(15-19)31-20-12-7-6-8-13-20/h6-9,11-15,17,24,28H,5,10,16H2,1-4H3,(H,29,30). The molecular weight excluding hydrogens is 390 g/mol. The molecule has 0 amide bonds. The van der Waals surface area contributed by atoms with Crippen LogP contribution in [0.1, 0.15) is 46.1 Å². The molecule has 2 aromatic carbocycles. The summed E-state index contributed by atoms with van der Waals surface area (Å²) < 4.78 is 5.94. The highest BCUT2D eigenvalue weighted by atomic mass is 16.5. The Hall–Kier alpha value is -2.92. The quantitative estimate of drug-likeness (QED) is 0.578. The lowest BCUT2D eigenvalue weighted by atomic mass is 9.64. The van der Waals surface area contributed by atoms with Crippen LogP contribution in [0.5, 0.6) is 11.5 Å². The van der Waals surface area contributed by atoms with E-state index in [1.54, 1.807) is 6.92 Å². The molecule has 0 saturated carbocycles. The van der Waals surface area contributed by atoms with Crippen LogP contribution >= 0.6 is 0 Å². The molecule has 0 radical (unpaired) electrons. The smallest absolute Gasteiger partial charge is 0.317 e. The van der Waals surface area contributed by atoms with Gasteiger partial charge in [0.25, 0.3) is 0 Å². The van der Waals surface area contributed by atoms with Crippen LogP contribution in [0.3, 0.4) is 0 Å². The topological polar surface area (TPSA) is 79.1 Å². The molecule has 2 N–H and O–H groups in total. The van der Waals surface area contributed by atoms with Crippen molar-refractivity contribution in [1.29, 1.82) is 0 Å². The Morgan fingerprint density at radius 3 is 2.42 bits per heavy atom. The molecule has 5 heteroatoms. The molecule has 3 rings (SSSR count). The molecule has 0 bridgehead atoms. The van der Waals surface area contributed by atoms with Crippen molar-refractivity contribution < 1.29 is 19.7 Å². The maximum atomic E-state index is 12.5. The first-order chi connectivity index (χ1) is 14.8. The van der Waals surface area contributed by atoms with Crippen LogP contribution in [-0.2, 0) is 11.2 Å². The SMILES string of the molecule is CCCC1=NC(Cc2cccc(Oc3ccccc3)c2)=C(C)C(C(=O)O)(C(C)C)C1O. The lowest BCUT2D eigenvalue weighted by molar-refractivity contribution is -0.154. The van der Waals surface area contributed by atoms with Crippen molar-refractivity contribution in [2.24, 2.45) is 16.3 Å². The van der Waals surface area contributed by atoms with Gasteiger partial charge in [-0.2, -0.15) is 0 Å². The van der Waals surface area contributed by atoms with E-state index in [1.807, 2.05) is 75.4 Å². The van der Waals surface area contributed by atoms with E-state index < -0.39 is 17.5 Å². The molecule has 31 heavy (non-hydrogen) atoms. The second-order valence-corrected chi connectivity index (χ2v) is 8.40. The monoisotopic (exact) mass is 421 g/mol. The number of aliphatic carboxylic acids is 1. The number of ether oxygens (including phenoxy) is 1. The van der Waals surface area contributed by atoms with Crippen molar-refractivity contribution >= 4 is 11.7 Å². The van der Waals surface area contributed by atoms with Crippen LogP contribution < -0.4 is 4.74 Å². The number of para-hydroxylation sites is 1. The number of aliphatic imine (C=N–C) groups is 1. The van der Waals surface area contributed by atoms with Gasteiger partial charge in [-0.1, -0.05) is 57.5 Å². The molecule has 164 valence electrons. The summed E-state index contributed by atoms with van der Waals surface area (Å²) in [6.45, 7) is 7.49. The number of carboxylic acids is 1. The van der Waals surface area contributed by atoms with Gasteiger partial charge in [-0.25, -0.2) is 0 Å². The Labute approximate surface area is 184 Å². The Bertz CT molecular complexity index is 993. The lowest BCUT2D eigenvalue weighted by Gasteiger charge is -2.42. The van der Waals surface area contributed by atoms with Crippen LogP contribution in [0.15, 0.2) is 70.9 Å². The Morgan fingerprint density at radius 2 is 1.81 bits per heavy atom. The second-order valence-electron chi connectivity index (χ2n) is 8.40. The van der Waals surface area contributed by atoms with Crippen LogP contribution in [0.2, 0.25) is 0 Å². The molecule has 0 saturated heterocycles. The summed E-state index contributed by atoms with van der Waals surface area (Å²) in [5.74, 6) is 0.174. The van der Waals surface area contributed by atoms with Gasteiger partial charge in [-0.3, -0.25) is 9.79 Å². The lowest BCUT2D eigenvalue weighted by Crippen LogP contribution is -2.53. The van der Waals surface area contributed by atoms with Gasteiger partial charge in [-0.15, -0.1) is 0 Å². The third kappa shape index (κ3) is 4.42. The number of allylic oxidation sites excluding steroid dienone is 1. The number of rotatable bonds is 8. The van der Waals surface area contributed by atoms with E-state index in [0.717, 1.165) is 17.7 Å². The fourth-order valence-corrected chi connectivity index (χ4v) is 4.46. The number of hydrogen-bond donors (Lipinski definition) is 2. The molecule has 0 spiro atoms. The number of carbonyl (C=O) groups is 1. The maximum Gasteiger partial charge on any atom is 0.317 e. The minimum Gasteiger partial charge on any atom is -0.480 e. The molecule has 2 aromatic rings. The first kappa shape index (κ1) is 22.8.